The van der Waals surface area contributed by atoms with E-state index in [-0.39, 0.29) is 12.1 Å². The summed E-state index contributed by atoms with van der Waals surface area (Å²) >= 11 is 0. The monoisotopic (exact) mass is 280 g/mol. The summed E-state index contributed by atoms with van der Waals surface area (Å²) in [6.45, 7) is 4.92. The van der Waals surface area contributed by atoms with Gasteiger partial charge in [0.2, 0.25) is 0 Å². The molecule has 0 spiro atoms. The first-order chi connectivity index (χ1) is 9.74. The molecule has 3 N–H and O–H groups in total. The maximum atomic E-state index is 5.80. The molecule has 2 unspecified atom stereocenters. The molecular weight excluding hydrogens is 252 g/mol. The highest BCUT2D eigenvalue weighted by molar-refractivity contribution is 5.27. The topological polar surface area (TPSA) is 56.5 Å². The van der Waals surface area contributed by atoms with Crippen molar-refractivity contribution in [3.63, 3.8) is 0 Å². The van der Waals surface area contributed by atoms with Crippen molar-refractivity contribution in [1.29, 1.82) is 0 Å². The van der Waals surface area contributed by atoms with E-state index in [9.17, 15) is 0 Å². The van der Waals surface area contributed by atoms with Gasteiger partial charge in [0.05, 0.1) is 13.2 Å². The van der Waals surface area contributed by atoms with Gasteiger partial charge in [-0.1, -0.05) is 25.5 Å². The van der Waals surface area contributed by atoms with Crippen molar-refractivity contribution in [2.24, 2.45) is 5.84 Å². The molecule has 1 aromatic rings. The van der Waals surface area contributed by atoms with Crippen LogP contribution in [0.2, 0.25) is 0 Å². The number of nitrogens with two attached hydrogens (primary N) is 1. The van der Waals surface area contributed by atoms with Crippen LogP contribution in [-0.2, 0) is 11.2 Å². The molecule has 1 aromatic carbocycles. The van der Waals surface area contributed by atoms with Crippen molar-refractivity contribution in [1.82, 2.24) is 5.43 Å². The number of hydrogen-bond donors (Lipinski definition) is 2. The van der Waals surface area contributed by atoms with Gasteiger partial charge in [0, 0.05) is 12.6 Å². The van der Waals surface area contributed by atoms with E-state index in [2.05, 4.69) is 24.5 Å². The minimum atomic E-state index is 0.188. The van der Waals surface area contributed by atoms with E-state index < -0.39 is 0 Å². The summed E-state index contributed by atoms with van der Waals surface area (Å²) in [4.78, 5) is 0. The van der Waals surface area contributed by atoms with Crippen LogP contribution in [0.25, 0.3) is 0 Å². The second-order valence-electron chi connectivity index (χ2n) is 4.94. The molecule has 0 aliphatic heterocycles. The number of hydrazine groups is 1. The molecule has 4 nitrogen and oxygen atoms in total. The molecule has 114 valence electrons. The largest absolute Gasteiger partial charge is 0.497 e. The Hall–Kier alpha value is -1.10. The van der Waals surface area contributed by atoms with E-state index in [0.29, 0.717) is 0 Å². The maximum absolute atomic E-state index is 5.80. The van der Waals surface area contributed by atoms with Crippen molar-refractivity contribution >= 4 is 0 Å². The maximum Gasteiger partial charge on any atom is 0.118 e. The summed E-state index contributed by atoms with van der Waals surface area (Å²) in [5.74, 6) is 6.58. The molecule has 20 heavy (non-hydrogen) atoms. The Morgan fingerprint density at radius 2 is 1.85 bits per heavy atom. The average molecular weight is 280 g/mol. The van der Waals surface area contributed by atoms with E-state index in [4.69, 9.17) is 15.3 Å². The summed E-state index contributed by atoms with van der Waals surface area (Å²) in [5.41, 5.74) is 4.20. The first-order valence-corrected chi connectivity index (χ1v) is 7.45. The van der Waals surface area contributed by atoms with Crippen LogP contribution in [0.5, 0.6) is 5.75 Å². The molecule has 0 saturated heterocycles. The fraction of sp³-hybridized carbons (Fsp3) is 0.625. The Morgan fingerprint density at radius 1 is 1.15 bits per heavy atom. The van der Waals surface area contributed by atoms with Crippen molar-refractivity contribution in [2.75, 3.05) is 13.7 Å². The van der Waals surface area contributed by atoms with Gasteiger partial charge in [-0.3, -0.25) is 11.3 Å². The van der Waals surface area contributed by atoms with Crippen LogP contribution in [0.1, 0.15) is 38.7 Å². The van der Waals surface area contributed by atoms with E-state index in [1.165, 1.54) is 5.56 Å². The lowest BCUT2D eigenvalue weighted by Gasteiger charge is -2.26. The van der Waals surface area contributed by atoms with Crippen LogP contribution in [0, 0.1) is 0 Å². The standard InChI is InChI=1S/C16H28N2O2/c1-4-6-16(20-5-2)15(18-17)12-9-13-7-10-14(19-3)11-8-13/h7-8,10-11,15-16,18H,4-6,9,12,17H2,1-3H3. The summed E-state index contributed by atoms with van der Waals surface area (Å²) in [5, 5.41) is 0. The SMILES string of the molecule is CCCC(OCC)C(CCc1ccc(OC)cc1)NN. The molecule has 2 atom stereocenters. The fourth-order valence-corrected chi connectivity index (χ4v) is 2.39. The van der Waals surface area contributed by atoms with Gasteiger partial charge < -0.3 is 9.47 Å². The summed E-state index contributed by atoms with van der Waals surface area (Å²) in [6.07, 6.45) is 4.27. The van der Waals surface area contributed by atoms with E-state index in [1.54, 1.807) is 7.11 Å². The van der Waals surface area contributed by atoms with Gasteiger partial charge in [-0.25, -0.2) is 0 Å². The van der Waals surface area contributed by atoms with Crippen LogP contribution in [0.4, 0.5) is 0 Å². The smallest absolute Gasteiger partial charge is 0.118 e. The molecule has 0 aliphatic rings. The molecular formula is C16H28N2O2. The van der Waals surface area contributed by atoms with Crippen LogP contribution in [0.3, 0.4) is 0 Å². The van der Waals surface area contributed by atoms with Crippen LogP contribution in [-0.4, -0.2) is 25.9 Å². The lowest BCUT2D eigenvalue weighted by molar-refractivity contribution is 0.0260. The normalized spacial score (nSPS) is 14.0. The number of hydrogen-bond acceptors (Lipinski definition) is 4. The summed E-state index contributed by atoms with van der Waals surface area (Å²) in [6, 6.07) is 8.37. The van der Waals surface area contributed by atoms with E-state index in [0.717, 1.165) is 38.0 Å². The molecule has 0 heterocycles. The van der Waals surface area contributed by atoms with Crippen LogP contribution in [0.15, 0.2) is 24.3 Å². The number of nitrogens with one attached hydrogen (secondary N) is 1. The highest BCUT2D eigenvalue weighted by Crippen LogP contribution is 2.16. The van der Waals surface area contributed by atoms with Crippen molar-refractivity contribution < 1.29 is 9.47 Å². The van der Waals surface area contributed by atoms with Gasteiger partial charge in [-0.2, -0.15) is 0 Å². The Bertz CT molecular complexity index is 348. The Labute approximate surface area is 122 Å². The van der Waals surface area contributed by atoms with Gasteiger partial charge in [-0.05, 0) is 43.9 Å². The Balaban J connectivity index is 2.53. The first-order valence-electron chi connectivity index (χ1n) is 7.45. The number of ether oxygens (including phenoxy) is 2. The number of rotatable bonds is 10. The summed E-state index contributed by atoms with van der Waals surface area (Å²) in [7, 11) is 1.68. The van der Waals surface area contributed by atoms with Crippen molar-refractivity contribution in [3.8, 4) is 5.75 Å². The van der Waals surface area contributed by atoms with Gasteiger partial charge in [0.25, 0.3) is 0 Å². The molecule has 0 fully saturated rings. The second-order valence-corrected chi connectivity index (χ2v) is 4.94. The van der Waals surface area contributed by atoms with Gasteiger partial charge >= 0.3 is 0 Å². The molecule has 0 saturated carbocycles. The predicted octanol–water partition coefficient (Wildman–Crippen LogP) is 2.66. The third-order valence-corrected chi connectivity index (χ3v) is 3.52. The molecule has 0 amide bonds. The number of methoxy groups -OCH3 is 1. The zero-order valence-electron chi connectivity index (χ0n) is 12.9. The Kier molecular flexibility index (Phi) is 8.26. The highest BCUT2D eigenvalue weighted by Gasteiger charge is 2.19. The summed E-state index contributed by atoms with van der Waals surface area (Å²) < 4.78 is 11.0. The highest BCUT2D eigenvalue weighted by atomic mass is 16.5. The quantitative estimate of drug-likeness (QED) is 0.511. The third-order valence-electron chi connectivity index (χ3n) is 3.52. The van der Waals surface area contributed by atoms with Gasteiger partial charge in [0.15, 0.2) is 0 Å². The minimum absolute atomic E-state index is 0.188. The lowest BCUT2D eigenvalue weighted by Crippen LogP contribution is -2.45. The third kappa shape index (κ3) is 5.49. The van der Waals surface area contributed by atoms with Crippen molar-refractivity contribution in [3.05, 3.63) is 29.8 Å². The number of aryl methyl sites for hydroxylation is 1. The zero-order valence-corrected chi connectivity index (χ0v) is 12.9. The molecule has 0 radical (unpaired) electrons. The first kappa shape index (κ1) is 17.0. The van der Waals surface area contributed by atoms with Gasteiger partial charge in [0.1, 0.15) is 5.75 Å². The molecule has 0 aliphatic carbocycles. The Morgan fingerprint density at radius 3 is 2.35 bits per heavy atom. The average Bonchev–Trinajstić information content (AvgIpc) is 2.49. The van der Waals surface area contributed by atoms with Crippen LogP contribution < -0.4 is 16.0 Å². The van der Waals surface area contributed by atoms with Gasteiger partial charge in [-0.15, -0.1) is 0 Å². The molecule has 4 heteroatoms. The van der Waals surface area contributed by atoms with E-state index in [1.807, 2.05) is 19.1 Å². The predicted molar refractivity (Wildman–Crippen MR) is 82.7 cm³/mol. The second kappa shape index (κ2) is 9.75. The zero-order chi connectivity index (χ0) is 14.8. The number of benzene rings is 1. The minimum Gasteiger partial charge on any atom is -0.497 e. The molecule has 1 rings (SSSR count). The van der Waals surface area contributed by atoms with Crippen LogP contribution >= 0.6 is 0 Å². The molecule has 0 bridgehead atoms. The fourth-order valence-electron chi connectivity index (χ4n) is 2.39. The molecule has 0 aromatic heterocycles. The lowest BCUT2D eigenvalue weighted by atomic mass is 9.99. The van der Waals surface area contributed by atoms with Crippen molar-refractivity contribution in [2.45, 2.75) is 51.7 Å². The van der Waals surface area contributed by atoms with E-state index >= 15 is 0 Å².